The SMILES string of the molecule is CCO[C@H](Cc1ccc(NCc2ccc(OS(C)(=O)=O)cc2)cc1)C(=O)OC. The summed E-state index contributed by atoms with van der Waals surface area (Å²) in [5.41, 5.74) is 2.87. The van der Waals surface area contributed by atoms with Crippen LogP contribution in [-0.4, -0.2) is 40.5 Å². The molecule has 0 bridgehead atoms. The maximum absolute atomic E-state index is 11.7. The molecule has 2 aromatic rings. The lowest BCUT2D eigenvalue weighted by atomic mass is 10.1. The number of nitrogens with one attached hydrogen (secondary N) is 1. The van der Waals surface area contributed by atoms with Gasteiger partial charge in [0.15, 0.2) is 6.10 Å². The minimum absolute atomic E-state index is 0.282. The van der Waals surface area contributed by atoms with Gasteiger partial charge in [-0.3, -0.25) is 0 Å². The van der Waals surface area contributed by atoms with E-state index in [9.17, 15) is 13.2 Å². The highest BCUT2D eigenvalue weighted by molar-refractivity contribution is 7.86. The number of ether oxygens (including phenoxy) is 2. The van der Waals surface area contributed by atoms with Crippen molar-refractivity contribution in [3.8, 4) is 5.75 Å². The van der Waals surface area contributed by atoms with Crippen molar-refractivity contribution in [1.82, 2.24) is 0 Å². The van der Waals surface area contributed by atoms with E-state index < -0.39 is 16.2 Å². The van der Waals surface area contributed by atoms with Gasteiger partial charge in [-0.1, -0.05) is 24.3 Å². The van der Waals surface area contributed by atoms with Gasteiger partial charge in [-0.05, 0) is 42.3 Å². The fourth-order valence-corrected chi connectivity index (χ4v) is 3.02. The van der Waals surface area contributed by atoms with Crippen LogP contribution in [0.1, 0.15) is 18.1 Å². The van der Waals surface area contributed by atoms with Crippen molar-refractivity contribution < 1.29 is 26.9 Å². The zero-order valence-electron chi connectivity index (χ0n) is 16.2. The average molecular weight is 407 g/mol. The predicted molar refractivity (Wildman–Crippen MR) is 107 cm³/mol. The summed E-state index contributed by atoms with van der Waals surface area (Å²) >= 11 is 0. The molecule has 0 heterocycles. The molecule has 0 aromatic heterocycles. The first-order chi connectivity index (χ1) is 13.3. The van der Waals surface area contributed by atoms with Gasteiger partial charge in [0, 0.05) is 25.3 Å². The standard InChI is InChI=1S/C20H25NO6S/c1-4-26-19(20(22)25-2)13-15-5-9-17(10-6-15)21-14-16-7-11-18(12-8-16)27-28(3,23)24/h5-12,19,21H,4,13-14H2,1-3H3/t19-/m1/s1. The lowest BCUT2D eigenvalue weighted by molar-refractivity contribution is -0.153. The molecule has 1 N–H and O–H groups in total. The fourth-order valence-electron chi connectivity index (χ4n) is 2.56. The summed E-state index contributed by atoms with van der Waals surface area (Å²) in [4.78, 5) is 11.7. The summed E-state index contributed by atoms with van der Waals surface area (Å²) in [6, 6.07) is 14.5. The molecule has 2 aromatic carbocycles. The highest BCUT2D eigenvalue weighted by atomic mass is 32.2. The molecule has 1 atom stereocenters. The van der Waals surface area contributed by atoms with Gasteiger partial charge in [0.1, 0.15) is 5.75 Å². The van der Waals surface area contributed by atoms with Crippen molar-refractivity contribution >= 4 is 21.8 Å². The molecule has 0 saturated heterocycles. The van der Waals surface area contributed by atoms with Crippen LogP contribution in [-0.2, 0) is 37.4 Å². The predicted octanol–water partition coefficient (Wildman–Crippen LogP) is 2.76. The van der Waals surface area contributed by atoms with Gasteiger partial charge in [0.05, 0.1) is 13.4 Å². The van der Waals surface area contributed by atoms with Crippen LogP contribution in [0.25, 0.3) is 0 Å². The number of methoxy groups -OCH3 is 1. The van der Waals surface area contributed by atoms with E-state index in [1.807, 2.05) is 31.2 Å². The molecular formula is C20H25NO6S. The van der Waals surface area contributed by atoms with E-state index in [-0.39, 0.29) is 11.7 Å². The molecule has 28 heavy (non-hydrogen) atoms. The molecule has 0 saturated carbocycles. The number of esters is 1. The molecule has 152 valence electrons. The maximum Gasteiger partial charge on any atom is 0.335 e. The van der Waals surface area contributed by atoms with Gasteiger partial charge in [0.25, 0.3) is 0 Å². The summed E-state index contributed by atoms with van der Waals surface area (Å²) in [7, 11) is -2.17. The minimum Gasteiger partial charge on any atom is -0.467 e. The second-order valence-corrected chi connectivity index (χ2v) is 7.73. The topological polar surface area (TPSA) is 90.9 Å². The minimum atomic E-state index is -3.52. The molecule has 0 spiro atoms. The molecular weight excluding hydrogens is 382 g/mol. The molecule has 2 rings (SSSR count). The summed E-state index contributed by atoms with van der Waals surface area (Å²) < 4.78 is 37.2. The monoisotopic (exact) mass is 407 g/mol. The van der Waals surface area contributed by atoms with Crippen LogP contribution in [0.4, 0.5) is 5.69 Å². The van der Waals surface area contributed by atoms with Gasteiger partial charge >= 0.3 is 16.1 Å². The number of anilines is 1. The lowest BCUT2D eigenvalue weighted by Gasteiger charge is -2.15. The number of rotatable bonds is 10. The molecule has 0 fully saturated rings. The molecule has 0 aliphatic rings. The number of benzene rings is 2. The first-order valence-electron chi connectivity index (χ1n) is 8.81. The van der Waals surface area contributed by atoms with Gasteiger partial charge in [-0.2, -0.15) is 8.42 Å². The summed E-state index contributed by atoms with van der Waals surface area (Å²) in [6.45, 7) is 2.85. The van der Waals surface area contributed by atoms with Gasteiger partial charge < -0.3 is 19.0 Å². The van der Waals surface area contributed by atoms with Crippen molar-refractivity contribution in [2.45, 2.75) is 26.0 Å². The van der Waals surface area contributed by atoms with Crippen LogP contribution in [0, 0.1) is 0 Å². The van der Waals surface area contributed by atoms with Gasteiger partial charge in [-0.15, -0.1) is 0 Å². The van der Waals surface area contributed by atoms with Crippen LogP contribution in [0.5, 0.6) is 5.75 Å². The van der Waals surface area contributed by atoms with Crippen molar-refractivity contribution in [2.75, 3.05) is 25.3 Å². The van der Waals surface area contributed by atoms with Crippen LogP contribution in [0.3, 0.4) is 0 Å². The number of hydrogen-bond donors (Lipinski definition) is 1. The van der Waals surface area contributed by atoms with E-state index in [1.165, 1.54) is 7.11 Å². The second-order valence-electron chi connectivity index (χ2n) is 6.15. The molecule has 7 nitrogen and oxygen atoms in total. The highest BCUT2D eigenvalue weighted by Gasteiger charge is 2.19. The van der Waals surface area contributed by atoms with Crippen molar-refractivity contribution in [2.24, 2.45) is 0 Å². The van der Waals surface area contributed by atoms with Crippen LogP contribution >= 0.6 is 0 Å². The third kappa shape index (κ3) is 7.21. The first-order valence-corrected chi connectivity index (χ1v) is 10.6. The maximum atomic E-state index is 11.7. The Bertz CT molecular complexity index is 863. The summed E-state index contributed by atoms with van der Waals surface area (Å²) in [6.07, 6.45) is 0.845. The number of carbonyl (C=O) groups is 1. The molecule has 0 aliphatic heterocycles. The Morgan fingerprint density at radius 1 is 1.04 bits per heavy atom. The van der Waals surface area contributed by atoms with E-state index >= 15 is 0 Å². The lowest BCUT2D eigenvalue weighted by Crippen LogP contribution is -2.28. The summed E-state index contributed by atoms with van der Waals surface area (Å²) in [5.74, 6) is -0.0996. The van der Waals surface area contributed by atoms with Gasteiger partial charge in [-0.25, -0.2) is 4.79 Å². The van der Waals surface area contributed by atoms with Crippen LogP contribution in [0.15, 0.2) is 48.5 Å². The normalized spacial score (nSPS) is 12.2. The third-order valence-electron chi connectivity index (χ3n) is 3.87. The van der Waals surface area contributed by atoms with Crippen molar-refractivity contribution in [1.29, 1.82) is 0 Å². The zero-order valence-corrected chi connectivity index (χ0v) is 17.0. The zero-order chi connectivity index (χ0) is 20.6. The Labute approximate surface area is 165 Å². The van der Waals surface area contributed by atoms with Gasteiger partial charge in [0.2, 0.25) is 0 Å². The Morgan fingerprint density at radius 3 is 2.18 bits per heavy atom. The van der Waals surface area contributed by atoms with E-state index in [0.717, 1.165) is 23.1 Å². The average Bonchev–Trinajstić information content (AvgIpc) is 2.66. The van der Waals surface area contributed by atoms with E-state index in [1.54, 1.807) is 24.3 Å². The molecule has 0 radical (unpaired) electrons. The molecule has 8 heteroatoms. The highest BCUT2D eigenvalue weighted by Crippen LogP contribution is 2.17. The Hall–Kier alpha value is -2.58. The number of hydrogen-bond acceptors (Lipinski definition) is 7. The number of carbonyl (C=O) groups excluding carboxylic acids is 1. The Morgan fingerprint density at radius 2 is 1.64 bits per heavy atom. The molecule has 0 amide bonds. The third-order valence-corrected chi connectivity index (χ3v) is 4.37. The van der Waals surface area contributed by atoms with Crippen LogP contribution in [0.2, 0.25) is 0 Å². The second kappa shape index (κ2) is 10.1. The fraction of sp³-hybridized carbons (Fsp3) is 0.350. The quantitative estimate of drug-likeness (QED) is 0.478. The Balaban J connectivity index is 1.91. The van der Waals surface area contributed by atoms with E-state index in [4.69, 9.17) is 13.7 Å². The Kier molecular flexibility index (Phi) is 7.83. The molecule has 0 aliphatic carbocycles. The van der Waals surface area contributed by atoms with E-state index in [2.05, 4.69) is 5.32 Å². The largest absolute Gasteiger partial charge is 0.467 e. The van der Waals surface area contributed by atoms with Crippen LogP contribution < -0.4 is 9.50 Å². The first kappa shape index (κ1) is 21.7. The van der Waals surface area contributed by atoms with E-state index in [0.29, 0.717) is 19.6 Å². The molecule has 0 unspecified atom stereocenters. The summed E-state index contributed by atoms with van der Waals surface area (Å²) in [5, 5.41) is 3.29. The van der Waals surface area contributed by atoms with Crippen molar-refractivity contribution in [3.05, 3.63) is 59.7 Å². The van der Waals surface area contributed by atoms with Crippen molar-refractivity contribution in [3.63, 3.8) is 0 Å². The smallest absolute Gasteiger partial charge is 0.335 e.